The van der Waals surface area contributed by atoms with Gasteiger partial charge in [-0.2, -0.15) is 0 Å². The number of phenolic OH excluding ortho intramolecular Hbond substituents is 1. The van der Waals surface area contributed by atoms with Gasteiger partial charge in [-0.3, -0.25) is 0 Å². The third-order valence-electron chi connectivity index (χ3n) is 3.97. The van der Waals surface area contributed by atoms with Gasteiger partial charge in [-0.25, -0.2) is 0 Å². The number of aryl methyl sites for hydroxylation is 1. The number of benzene rings is 1. The number of fused-ring (bicyclic) bond motifs is 1. The molecule has 1 aliphatic rings. The molecule has 1 heterocycles. The zero-order valence-corrected chi connectivity index (χ0v) is 13.2. The molecule has 3 heteroatoms. The minimum Gasteiger partial charge on any atom is -0.508 e. The van der Waals surface area contributed by atoms with Gasteiger partial charge in [0.15, 0.2) is 0 Å². The zero-order valence-electron chi connectivity index (χ0n) is 13.2. The van der Waals surface area contributed by atoms with Gasteiger partial charge in [0.25, 0.3) is 0 Å². The average molecular weight is 292 g/mol. The van der Waals surface area contributed by atoms with E-state index in [0.29, 0.717) is 5.75 Å². The van der Waals surface area contributed by atoms with Gasteiger partial charge in [-0.15, -0.1) is 0 Å². The Morgan fingerprint density at radius 1 is 1.10 bits per heavy atom. The third kappa shape index (κ3) is 5.41. The van der Waals surface area contributed by atoms with Gasteiger partial charge >= 0.3 is 0 Å². The van der Waals surface area contributed by atoms with Crippen molar-refractivity contribution in [2.75, 3.05) is 6.61 Å². The summed E-state index contributed by atoms with van der Waals surface area (Å²) < 4.78 is 5.66. The molecule has 1 N–H and O–H groups in total. The molecule has 0 unspecified atom stereocenters. The lowest BCUT2D eigenvalue weighted by Gasteiger charge is -2.09. The van der Waals surface area contributed by atoms with Crippen LogP contribution in [-0.2, 0) is 17.6 Å². The van der Waals surface area contributed by atoms with Gasteiger partial charge in [-0.1, -0.05) is 51.5 Å². The van der Waals surface area contributed by atoms with Gasteiger partial charge in [0.05, 0.1) is 6.61 Å². The Labute approximate surface area is 128 Å². The van der Waals surface area contributed by atoms with Crippen molar-refractivity contribution in [1.82, 2.24) is 0 Å². The van der Waals surface area contributed by atoms with Crippen molar-refractivity contribution in [2.45, 2.75) is 64.7 Å². The van der Waals surface area contributed by atoms with E-state index >= 15 is 0 Å². The highest BCUT2D eigenvalue weighted by Gasteiger charge is 2.19. The Bertz CT molecular complexity index is 415. The van der Waals surface area contributed by atoms with E-state index in [1.165, 1.54) is 50.5 Å². The second-order valence-electron chi connectivity index (χ2n) is 5.52. The number of carbonyl (C=O) groups excluding carboxylic acids is 1. The number of aromatic hydroxyl groups is 1. The van der Waals surface area contributed by atoms with Crippen molar-refractivity contribution < 1.29 is 14.6 Å². The summed E-state index contributed by atoms with van der Waals surface area (Å²) in [5, 5.41) is 9.77. The molecule has 21 heavy (non-hydrogen) atoms. The van der Waals surface area contributed by atoms with Crippen molar-refractivity contribution >= 4 is 6.79 Å². The molecule has 1 aromatic rings. The molecule has 3 nitrogen and oxygen atoms in total. The standard InChI is InChI=1S/C17H26O2.CH2O/c1-2-3-4-5-6-7-8-9-14-10-11-16(18)15-12-13-19-17(14)15;1-2/h10-11,18H,2-9,12-13H2,1H3;1H2. The minimum atomic E-state index is 0.399. The van der Waals surface area contributed by atoms with E-state index in [2.05, 4.69) is 6.92 Å². The Morgan fingerprint density at radius 2 is 1.76 bits per heavy atom. The Morgan fingerprint density at radius 3 is 2.48 bits per heavy atom. The van der Waals surface area contributed by atoms with Crippen molar-refractivity contribution in [1.29, 1.82) is 0 Å². The van der Waals surface area contributed by atoms with E-state index in [1.54, 1.807) is 0 Å². The maximum Gasteiger partial charge on any atom is 0.129 e. The van der Waals surface area contributed by atoms with Gasteiger partial charge in [0, 0.05) is 12.0 Å². The predicted molar refractivity (Wildman–Crippen MR) is 86.1 cm³/mol. The molecular weight excluding hydrogens is 264 g/mol. The number of phenols is 1. The van der Waals surface area contributed by atoms with Crippen LogP contribution in [0.1, 0.15) is 63.0 Å². The molecular formula is C18H28O3. The van der Waals surface area contributed by atoms with Crippen molar-refractivity contribution in [3.63, 3.8) is 0 Å². The first-order chi connectivity index (χ1) is 10.3. The molecule has 0 radical (unpaired) electrons. The average Bonchev–Trinajstić information content (AvgIpc) is 3.01. The molecule has 0 atom stereocenters. The fourth-order valence-electron chi connectivity index (χ4n) is 2.81. The number of unbranched alkanes of at least 4 members (excludes halogenated alkanes) is 6. The molecule has 0 aromatic heterocycles. The number of hydrogen-bond donors (Lipinski definition) is 1. The molecule has 0 amide bonds. The first-order valence-corrected chi connectivity index (χ1v) is 8.08. The predicted octanol–water partition coefficient (Wildman–Crippen LogP) is 4.44. The SMILES string of the molecule is C=O.CCCCCCCCCc1ccc(O)c2c1OCC2. The summed E-state index contributed by atoms with van der Waals surface area (Å²) in [6.07, 6.45) is 11.3. The molecule has 0 fully saturated rings. The van der Waals surface area contributed by atoms with Crippen LogP contribution in [-0.4, -0.2) is 18.5 Å². The van der Waals surface area contributed by atoms with Crippen LogP contribution in [0.5, 0.6) is 11.5 Å². The molecule has 2 rings (SSSR count). The van der Waals surface area contributed by atoms with Crippen molar-refractivity contribution in [2.24, 2.45) is 0 Å². The molecule has 1 aromatic carbocycles. The summed E-state index contributed by atoms with van der Waals surface area (Å²) in [6, 6.07) is 3.85. The highest BCUT2D eigenvalue weighted by Crippen LogP contribution is 2.36. The van der Waals surface area contributed by atoms with Crippen LogP contribution >= 0.6 is 0 Å². The summed E-state index contributed by atoms with van der Waals surface area (Å²) in [5.41, 5.74) is 2.29. The van der Waals surface area contributed by atoms with E-state index in [4.69, 9.17) is 9.53 Å². The van der Waals surface area contributed by atoms with Crippen molar-refractivity contribution in [3.05, 3.63) is 23.3 Å². The van der Waals surface area contributed by atoms with Crippen LogP contribution in [0.2, 0.25) is 0 Å². The summed E-state index contributed by atoms with van der Waals surface area (Å²) in [6.45, 7) is 4.97. The maximum absolute atomic E-state index is 9.77. The van der Waals surface area contributed by atoms with Crippen LogP contribution in [0, 0.1) is 0 Å². The Balaban J connectivity index is 0.00000106. The number of rotatable bonds is 8. The second-order valence-corrected chi connectivity index (χ2v) is 5.52. The van der Waals surface area contributed by atoms with Gasteiger partial charge < -0.3 is 14.6 Å². The third-order valence-corrected chi connectivity index (χ3v) is 3.97. The van der Waals surface area contributed by atoms with Crippen LogP contribution in [0.25, 0.3) is 0 Å². The lowest BCUT2D eigenvalue weighted by Crippen LogP contribution is -1.92. The van der Waals surface area contributed by atoms with E-state index in [9.17, 15) is 5.11 Å². The number of hydrogen-bond acceptors (Lipinski definition) is 3. The zero-order chi connectivity index (χ0) is 15.5. The van der Waals surface area contributed by atoms with Crippen molar-refractivity contribution in [3.8, 4) is 11.5 Å². The normalized spacial score (nSPS) is 12.2. The largest absolute Gasteiger partial charge is 0.508 e. The lowest BCUT2D eigenvalue weighted by molar-refractivity contribution is -0.0979. The van der Waals surface area contributed by atoms with Crippen LogP contribution in [0.4, 0.5) is 0 Å². The maximum atomic E-state index is 9.77. The fraction of sp³-hybridized carbons (Fsp3) is 0.611. The first kappa shape index (κ1) is 17.5. The molecule has 0 bridgehead atoms. The van der Waals surface area contributed by atoms with Gasteiger partial charge in [0.2, 0.25) is 0 Å². The van der Waals surface area contributed by atoms with Crippen LogP contribution in [0.3, 0.4) is 0 Å². The topological polar surface area (TPSA) is 46.5 Å². The highest BCUT2D eigenvalue weighted by molar-refractivity contribution is 5.51. The monoisotopic (exact) mass is 292 g/mol. The van der Waals surface area contributed by atoms with Gasteiger partial charge in [-0.05, 0) is 24.5 Å². The number of carbonyl (C=O) groups is 1. The van der Waals surface area contributed by atoms with E-state index < -0.39 is 0 Å². The van der Waals surface area contributed by atoms with Gasteiger partial charge in [0.1, 0.15) is 18.3 Å². The second kappa shape index (κ2) is 10.3. The molecule has 0 aliphatic carbocycles. The van der Waals surface area contributed by atoms with Crippen LogP contribution < -0.4 is 4.74 Å². The fourth-order valence-corrected chi connectivity index (χ4v) is 2.81. The molecule has 0 saturated carbocycles. The Kier molecular flexibility index (Phi) is 8.56. The summed E-state index contributed by atoms with van der Waals surface area (Å²) in [7, 11) is 0. The van der Waals surface area contributed by atoms with E-state index in [-0.39, 0.29) is 0 Å². The molecule has 1 aliphatic heterocycles. The molecule has 0 saturated heterocycles. The first-order valence-electron chi connectivity index (χ1n) is 8.08. The summed E-state index contributed by atoms with van der Waals surface area (Å²) >= 11 is 0. The summed E-state index contributed by atoms with van der Waals surface area (Å²) in [4.78, 5) is 8.00. The van der Waals surface area contributed by atoms with E-state index in [1.807, 2.05) is 18.9 Å². The van der Waals surface area contributed by atoms with Crippen LogP contribution in [0.15, 0.2) is 12.1 Å². The Hall–Kier alpha value is -1.51. The summed E-state index contributed by atoms with van der Waals surface area (Å²) in [5.74, 6) is 1.36. The lowest BCUT2D eigenvalue weighted by atomic mass is 10.0. The highest BCUT2D eigenvalue weighted by atomic mass is 16.5. The molecule has 0 spiro atoms. The smallest absolute Gasteiger partial charge is 0.129 e. The molecule has 118 valence electrons. The number of ether oxygens (including phenoxy) is 1. The van der Waals surface area contributed by atoms with E-state index in [0.717, 1.165) is 30.8 Å². The quantitative estimate of drug-likeness (QED) is 0.721. The minimum absolute atomic E-state index is 0.399.